The molecule has 0 spiro atoms. The number of halogens is 4. The average molecular weight is 516 g/mol. The Morgan fingerprint density at radius 1 is 0.788 bits per heavy atom. The van der Waals surface area contributed by atoms with E-state index in [0.29, 0.717) is 31.3 Å². The van der Waals surface area contributed by atoms with Crippen molar-refractivity contribution >= 4 is 52.1 Å². The van der Waals surface area contributed by atoms with Gasteiger partial charge in [0.25, 0.3) is 0 Å². The Labute approximate surface area is 208 Å². The normalized spacial score (nSPS) is 11.3. The standard InChI is InChI=1S/C24H14Cl4N4O/c25-17-8-4-14(5-9-17)19-12-29-32-23(21(19)15-6-10-18(26)11-7-15)30-31(24(32)33)13-16-2-1-3-20(27)22(16)28/h1-12H,13H2. The van der Waals surface area contributed by atoms with E-state index in [2.05, 4.69) is 10.2 Å². The summed E-state index contributed by atoms with van der Waals surface area (Å²) in [4.78, 5) is 13.1. The van der Waals surface area contributed by atoms with Crippen LogP contribution in [0.2, 0.25) is 20.1 Å². The second kappa shape index (κ2) is 8.84. The molecule has 0 radical (unpaired) electrons. The minimum Gasteiger partial charge on any atom is -0.244 e. The van der Waals surface area contributed by atoms with E-state index >= 15 is 0 Å². The molecule has 0 amide bonds. The molecular weight excluding hydrogens is 502 g/mol. The monoisotopic (exact) mass is 514 g/mol. The Hall–Kier alpha value is -2.83. The van der Waals surface area contributed by atoms with Crippen LogP contribution >= 0.6 is 46.4 Å². The first-order chi connectivity index (χ1) is 15.9. The molecule has 5 aromatic rings. The van der Waals surface area contributed by atoms with Gasteiger partial charge in [0.1, 0.15) is 0 Å². The summed E-state index contributed by atoms with van der Waals surface area (Å²) in [5.41, 5.74) is 3.98. The maximum atomic E-state index is 13.1. The molecule has 0 saturated heterocycles. The number of rotatable bonds is 4. The van der Waals surface area contributed by atoms with Crippen molar-refractivity contribution in [1.82, 2.24) is 19.4 Å². The molecule has 33 heavy (non-hydrogen) atoms. The lowest BCUT2D eigenvalue weighted by molar-refractivity contribution is 0.650. The topological polar surface area (TPSA) is 52.2 Å². The molecule has 0 saturated carbocycles. The highest BCUT2D eigenvalue weighted by molar-refractivity contribution is 6.42. The maximum absolute atomic E-state index is 13.1. The van der Waals surface area contributed by atoms with Crippen molar-refractivity contribution in [3.05, 3.63) is 109 Å². The van der Waals surface area contributed by atoms with Crippen LogP contribution in [0.25, 0.3) is 27.9 Å². The van der Waals surface area contributed by atoms with E-state index in [-0.39, 0.29) is 12.2 Å². The summed E-state index contributed by atoms with van der Waals surface area (Å²) in [6.45, 7) is 0.151. The number of nitrogens with zero attached hydrogens (tertiary/aromatic N) is 4. The highest BCUT2D eigenvalue weighted by Gasteiger charge is 2.19. The van der Waals surface area contributed by atoms with Crippen LogP contribution in [0.1, 0.15) is 5.56 Å². The van der Waals surface area contributed by atoms with Crippen LogP contribution in [0.15, 0.2) is 77.7 Å². The van der Waals surface area contributed by atoms with Crippen molar-refractivity contribution in [3.63, 3.8) is 0 Å². The van der Waals surface area contributed by atoms with Crippen molar-refractivity contribution in [3.8, 4) is 22.3 Å². The van der Waals surface area contributed by atoms with Crippen LogP contribution in [-0.4, -0.2) is 19.4 Å². The van der Waals surface area contributed by atoms with Crippen molar-refractivity contribution in [2.45, 2.75) is 6.54 Å². The second-order valence-electron chi connectivity index (χ2n) is 7.34. The molecule has 0 aliphatic rings. The largest absolute Gasteiger partial charge is 0.367 e. The summed E-state index contributed by atoms with van der Waals surface area (Å²) < 4.78 is 2.60. The zero-order valence-corrected chi connectivity index (χ0v) is 19.9. The van der Waals surface area contributed by atoms with Gasteiger partial charge in [-0.25, -0.2) is 9.48 Å². The Balaban J connectivity index is 1.75. The van der Waals surface area contributed by atoms with Crippen LogP contribution in [0.5, 0.6) is 0 Å². The Bertz CT molecular complexity index is 1540. The van der Waals surface area contributed by atoms with E-state index in [1.54, 1.807) is 48.7 Å². The number of hydrogen-bond donors (Lipinski definition) is 0. The summed E-state index contributed by atoms with van der Waals surface area (Å²) in [6, 6.07) is 20.0. The second-order valence-corrected chi connectivity index (χ2v) is 8.99. The van der Waals surface area contributed by atoms with Crippen LogP contribution in [0, 0.1) is 0 Å². The summed E-state index contributed by atoms with van der Waals surface area (Å²) >= 11 is 24.7. The van der Waals surface area contributed by atoms with Crippen molar-refractivity contribution in [1.29, 1.82) is 0 Å². The van der Waals surface area contributed by atoms with Gasteiger partial charge in [0.15, 0.2) is 5.65 Å². The zero-order valence-electron chi connectivity index (χ0n) is 16.8. The van der Waals surface area contributed by atoms with Gasteiger partial charge in [-0.1, -0.05) is 82.8 Å². The molecule has 5 rings (SSSR count). The summed E-state index contributed by atoms with van der Waals surface area (Å²) in [7, 11) is 0. The molecule has 2 heterocycles. The molecule has 9 heteroatoms. The van der Waals surface area contributed by atoms with Crippen molar-refractivity contribution < 1.29 is 0 Å². The average Bonchev–Trinajstić information content (AvgIpc) is 3.13. The van der Waals surface area contributed by atoms with Crippen LogP contribution in [0.3, 0.4) is 0 Å². The fourth-order valence-electron chi connectivity index (χ4n) is 3.64. The van der Waals surface area contributed by atoms with Gasteiger partial charge in [-0.05, 0) is 47.0 Å². The fraction of sp³-hybridized carbons (Fsp3) is 0.0417. The minimum atomic E-state index is -0.390. The fourth-order valence-corrected chi connectivity index (χ4v) is 4.28. The highest BCUT2D eigenvalue weighted by Crippen LogP contribution is 2.35. The molecule has 164 valence electrons. The van der Waals surface area contributed by atoms with Gasteiger partial charge >= 0.3 is 5.69 Å². The molecule has 0 N–H and O–H groups in total. The Morgan fingerprint density at radius 2 is 1.42 bits per heavy atom. The number of hydrogen-bond acceptors (Lipinski definition) is 3. The van der Waals surface area contributed by atoms with E-state index in [9.17, 15) is 4.79 Å². The van der Waals surface area contributed by atoms with Gasteiger partial charge < -0.3 is 0 Å². The van der Waals surface area contributed by atoms with Crippen molar-refractivity contribution in [2.24, 2.45) is 0 Å². The van der Waals surface area contributed by atoms with Crippen LogP contribution < -0.4 is 5.69 Å². The van der Waals surface area contributed by atoms with E-state index < -0.39 is 0 Å². The van der Waals surface area contributed by atoms with Crippen LogP contribution in [-0.2, 0) is 6.54 Å². The minimum absolute atomic E-state index is 0.151. The molecule has 0 unspecified atom stereocenters. The number of fused-ring (bicyclic) bond motifs is 1. The van der Waals surface area contributed by atoms with Gasteiger partial charge in [0.05, 0.1) is 22.8 Å². The number of benzene rings is 3. The maximum Gasteiger partial charge on any atom is 0.367 e. The quantitative estimate of drug-likeness (QED) is 0.262. The first-order valence-corrected chi connectivity index (χ1v) is 11.4. The molecular formula is C24H14Cl4N4O. The molecule has 0 atom stereocenters. The summed E-state index contributed by atoms with van der Waals surface area (Å²) in [6.07, 6.45) is 1.65. The van der Waals surface area contributed by atoms with E-state index in [1.165, 1.54) is 9.20 Å². The third kappa shape index (κ3) is 4.13. The lowest BCUT2D eigenvalue weighted by Crippen LogP contribution is -2.23. The summed E-state index contributed by atoms with van der Waals surface area (Å²) in [5, 5.41) is 11.0. The molecule has 5 nitrogen and oxygen atoms in total. The van der Waals surface area contributed by atoms with E-state index in [1.807, 2.05) is 24.3 Å². The van der Waals surface area contributed by atoms with Gasteiger partial charge in [0.2, 0.25) is 0 Å². The third-order valence-corrected chi connectivity index (χ3v) is 6.62. The van der Waals surface area contributed by atoms with Gasteiger partial charge in [-0.3, -0.25) is 0 Å². The lowest BCUT2D eigenvalue weighted by Gasteiger charge is -2.11. The predicted molar refractivity (Wildman–Crippen MR) is 134 cm³/mol. The molecule has 3 aromatic carbocycles. The molecule has 0 bridgehead atoms. The van der Waals surface area contributed by atoms with E-state index in [4.69, 9.17) is 46.4 Å². The first-order valence-electron chi connectivity index (χ1n) is 9.86. The highest BCUT2D eigenvalue weighted by atomic mass is 35.5. The Morgan fingerprint density at radius 3 is 2.09 bits per heavy atom. The molecule has 0 aliphatic carbocycles. The SMILES string of the molecule is O=c1n(Cc2cccc(Cl)c2Cl)nc2c(-c3ccc(Cl)cc3)c(-c3ccc(Cl)cc3)cnn12. The van der Waals surface area contributed by atoms with Gasteiger partial charge in [0, 0.05) is 21.2 Å². The predicted octanol–water partition coefficient (Wildman–Crippen LogP) is 6.89. The first kappa shape index (κ1) is 22.0. The Kier molecular flexibility index (Phi) is 5.89. The summed E-state index contributed by atoms with van der Waals surface area (Å²) in [5.74, 6) is 0. The zero-order chi connectivity index (χ0) is 23.1. The molecule has 2 aromatic heterocycles. The van der Waals surface area contributed by atoms with Crippen molar-refractivity contribution in [2.75, 3.05) is 0 Å². The smallest absolute Gasteiger partial charge is 0.244 e. The molecule has 0 aliphatic heterocycles. The van der Waals surface area contributed by atoms with Crippen LogP contribution in [0.4, 0.5) is 0 Å². The number of aromatic nitrogens is 4. The lowest BCUT2D eigenvalue weighted by atomic mass is 9.97. The van der Waals surface area contributed by atoms with Gasteiger partial charge in [-0.2, -0.15) is 9.61 Å². The van der Waals surface area contributed by atoms with E-state index in [0.717, 1.165) is 22.3 Å². The third-order valence-electron chi connectivity index (χ3n) is 5.25. The molecule has 0 fully saturated rings. The van der Waals surface area contributed by atoms with Gasteiger partial charge in [-0.15, -0.1) is 5.10 Å².